The lowest BCUT2D eigenvalue weighted by molar-refractivity contribution is 0.181. The summed E-state index contributed by atoms with van der Waals surface area (Å²) in [6.07, 6.45) is 2.99. The zero-order valence-corrected chi connectivity index (χ0v) is 15.5. The Bertz CT molecular complexity index is 694. The van der Waals surface area contributed by atoms with Gasteiger partial charge in [0.25, 0.3) is 10.2 Å². The van der Waals surface area contributed by atoms with Crippen LogP contribution in [0.5, 0.6) is 5.75 Å². The number of ether oxygens (including phenoxy) is 1. The fraction of sp³-hybridized carbons (Fsp3) is 0.571. The number of hydrogen-bond acceptors (Lipinski definition) is 5. The molecule has 0 atom stereocenters. The molecule has 0 N–H and O–H groups in total. The number of halogens is 1. The zero-order valence-electron chi connectivity index (χ0n) is 13.1. The van der Waals surface area contributed by atoms with Crippen molar-refractivity contribution in [3.8, 4) is 11.8 Å². The van der Waals surface area contributed by atoms with Crippen molar-refractivity contribution < 1.29 is 13.2 Å². The minimum absolute atomic E-state index is 0.263. The van der Waals surface area contributed by atoms with Gasteiger partial charge in [-0.25, -0.2) is 4.98 Å². The second-order valence-electron chi connectivity index (χ2n) is 5.56. The maximum Gasteiger partial charge on any atom is 0.281 e. The number of piperidine rings is 1. The number of aromatic nitrogens is 1. The monoisotopic (exact) mass is 402 g/mol. The summed E-state index contributed by atoms with van der Waals surface area (Å²) in [4.78, 5) is 4.06. The van der Waals surface area contributed by atoms with Gasteiger partial charge < -0.3 is 4.74 Å². The topological polar surface area (TPSA) is 86.5 Å². The molecule has 0 bridgehead atoms. The van der Waals surface area contributed by atoms with Crippen molar-refractivity contribution in [2.24, 2.45) is 5.92 Å². The molecule has 7 nitrogen and oxygen atoms in total. The molecular weight excluding hydrogens is 384 g/mol. The molecule has 1 aromatic heterocycles. The molecule has 1 aliphatic rings. The van der Waals surface area contributed by atoms with Crippen molar-refractivity contribution >= 4 is 26.1 Å². The van der Waals surface area contributed by atoms with Crippen LogP contribution in [0.4, 0.5) is 0 Å². The van der Waals surface area contributed by atoms with E-state index in [1.807, 2.05) is 0 Å². The minimum Gasteiger partial charge on any atom is -0.490 e. The number of hydrogen-bond donors (Lipinski definition) is 0. The zero-order chi connectivity index (χ0) is 17.0. The molecule has 0 radical (unpaired) electrons. The predicted molar refractivity (Wildman–Crippen MR) is 89.1 cm³/mol. The lowest BCUT2D eigenvalue weighted by atomic mass is 9.99. The Balaban J connectivity index is 1.90. The summed E-state index contributed by atoms with van der Waals surface area (Å²) in [5, 5.41) is 9.10. The highest BCUT2D eigenvalue weighted by Crippen LogP contribution is 2.24. The van der Waals surface area contributed by atoms with Crippen molar-refractivity contribution in [2.75, 3.05) is 33.8 Å². The summed E-state index contributed by atoms with van der Waals surface area (Å²) in [5.74, 6) is 0.720. The molecule has 0 spiro atoms. The average molecular weight is 403 g/mol. The Labute approximate surface area is 145 Å². The van der Waals surface area contributed by atoms with E-state index in [-0.39, 0.29) is 5.92 Å². The van der Waals surface area contributed by atoms with Gasteiger partial charge in [-0.1, -0.05) is 0 Å². The van der Waals surface area contributed by atoms with Gasteiger partial charge >= 0.3 is 0 Å². The Hall–Kier alpha value is -1.21. The minimum atomic E-state index is -3.34. The molecule has 1 aromatic rings. The summed E-state index contributed by atoms with van der Waals surface area (Å²) in [5.41, 5.74) is 0.430. The predicted octanol–water partition coefficient (Wildman–Crippen LogP) is 1.61. The van der Waals surface area contributed by atoms with Crippen molar-refractivity contribution in [3.05, 3.63) is 22.4 Å². The molecule has 0 unspecified atom stereocenters. The third-order valence-corrected chi connectivity index (χ3v) is 6.16. The first-order valence-corrected chi connectivity index (χ1v) is 9.39. The molecule has 0 aliphatic carbocycles. The molecule has 23 heavy (non-hydrogen) atoms. The van der Waals surface area contributed by atoms with E-state index >= 15 is 0 Å². The van der Waals surface area contributed by atoms with Crippen molar-refractivity contribution in [1.82, 2.24) is 13.6 Å². The van der Waals surface area contributed by atoms with E-state index in [9.17, 15) is 8.42 Å². The fourth-order valence-electron chi connectivity index (χ4n) is 2.36. The van der Waals surface area contributed by atoms with Gasteiger partial charge in [-0.05, 0) is 40.8 Å². The molecule has 0 amide bonds. The molecule has 0 saturated carbocycles. The molecule has 2 heterocycles. The third-order valence-electron chi connectivity index (χ3n) is 3.79. The lowest BCUT2D eigenvalue weighted by Gasteiger charge is -2.32. The highest BCUT2D eigenvalue weighted by atomic mass is 79.9. The molecule has 1 fully saturated rings. The highest BCUT2D eigenvalue weighted by molar-refractivity contribution is 9.10. The normalized spacial score (nSPS) is 17.2. The molecule has 0 aromatic carbocycles. The molecule has 1 aliphatic heterocycles. The highest BCUT2D eigenvalue weighted by Gasteiger charge is 2.29. The van der Waals surface area contributed by atoms with Gasteiger partial charge in [0, 0.05) is 27.2 Å². The first kappa shape index (κ1) is 18.1. The molecular formula is C14H19BrN4O3S. The molecule has 9 heteroatoms. The summed E-state index contributed by atoms with van der Waals surface area (Å²) in [6, 6.07) is 3.69. The SMILES string of the molecule is CN(C)S(=O)(=O)N1CCC(COc2cnc(Br)cc2C#N)CC1. The second-order valence-corrected chi connectivity index (χ2v) is 8.51. The van der Waals surface area contributed by atoms with Crippen molar-refractivity contribution in [3.63, 3.8) is 0 Å². The average Bonchev–Trinajstić information content (AvgIpc) is 2.53. The van der Waals surface area contributed by atoms with Gasteiger partial charge in [0.05, 0.1) is 18.4 Å². The van der Waals surface area contributed by atoms with Gasteiger partial charge in [-0.15, -0.1) is 0 Å². The Morgan fingerprint density at radius 2 is 2.13 bits per heavy atom. The van der Waals surface area contributed by atoms with Gasteiger partial charge in [-0.2, -0.15) is 22.3 Å². The van der Waals surface area contributed by atoms with Crippen molar-refractivity contribution in [1.29, 1.82) is 5.26 Å². The van der Waals surface area contributed by atoms with Crippen LogP contribution in [0.3, 0.4) is 0 Å². The number of rotatable bonds is 5. The molecule has 2 rings (SSSR count). The van der Waals surface area contributed by atoms with Gasteiger partial charge in [-0.3, -0.25) is 0 Å². The van der Waals surface area contributed by atoms with E-state index in [2.05, 4.69) is 27.0 Å². The quantitative estimate of drug-likeness (QED) is 0.698. The molecule has 126 valence electrons. The van der Waals surface area contributed by atoms with Crippen LogP contribution in [0.15, 0.2) is 16.9 Å². The fourth-order valence-corrected chi connectivity index (χ4v) is 3.83. The number of pyridine rings is 1. The standard InChI is InChI=1S/C14H19BrN4O3S/c1-18(2)23(20,21)19-5-3-11(4-6-19)10-22-13-9-17-14(15)7-12(13)8-16/h7,9,11H,3-6,10H2,1-2H3. The number of nitriles is 1. The summed E-state index contributed by atoms with van der Waals surface area (Å²) < 4.78 is 33.1. The van der Waals surface area contributed by atoms with Crippen LogP contribution in [-0.2, 0) is 10.2 Å². The van der Waals surface area contributed by atoms with E-state index in [0.717, 1.165) is 12.8 Å². The Morgan fingerprint density at radius 3 is 2.70 bits per heavy atom. The first-order valence-electron chi connectivity index (χ1n) is 7.20. The van der Waals surface area contributed by atoms with Crippen LogP contribution in [0, 0.1) is 17.2 Å². The number of nitrogens with zero attached hydrogens (tertiary/aromatic N) is 4. The van der Waals surface area contributed by atoms with E-state index in [0.29, 0.717) is 35.6 Å². The third kappa shape index (κ3) is 4.41. The summed E-state index contributed by atoms with van der Waals surface area (Å²) in [6.45, 7) is 1.42. The van der Waals surface area contributed by atoms with Crippen LogP contribution in [0.1, 0.15) is 18.4 Å². The molecule has 1 saturated heterocycles. The van der Waals surface area contributed by atoms with E-state index < -0.39 is 10.2 Å². The lowest BCUT2D eigenvalue weighted by Crippen LogP contribution is -2.45. The van der Waals surface area contributed by atoms with E-state index in [4.69, 9.17) is 10.00 Å². The van der Waals surface area contributed by atoms with Crippen LogP contribution in [0.25, 0.3) is 0 Å². The smallest absolute Gasteiger partial charge is 0.281 e. The van der Waals surface area contributed by atoms with Crippen molar-refractivity contribution in [2.45, 2.75) is 12.8 Å². The van der Waals surface area contributed by atoms with Crippen LogP contribution in [0.2, 0.25) is 0 Å². The maximum atomic E-state index is 12.1. The van der Waals surface area contributed by atoms with Crippen LogP contribution in [-0.4, -0.2) is 55.8 Å². The van der Waals surface area contributed by atoms with E-state index in [1.54, 1.807) is 6.07 Å². The Kier molecular flexibility index (Phi) is 5.97. The second kappa shape index (κ2) is 7.57. The van der Waals surface area contributed by atoms with Crippen LogP contribution >= 0.6 is 15.9 Å². The Morgan fingerprint density at radius 1 is 1.48 bits per heavy atom. The van der Waals surface area contributed by atoms with Gasteiger partial charge in [0.1, 0.15) is 10.7 Å². The van der Waals surface area contributed by atoms with E-state index in [1.165, 1.54) is 28.9 Å². The first-order chi connectivity index (χ1) is 10.8. The van der Waals surface area contributed by atoms with Gasteiger partial charge in [0.15, 0.2) is 5.75 Å². The van der Waals surface area contributed by atoms with Crippen LogP contribution < -0.4 is 4.74 Å². The summed E-state index contributed by atoms with van der Waals surface area (Å²) in [7, 11) is -0.266. The largest absolute Gasteiger partial charge is 0.490 e. The van der Waals surface area contributed by atoms with Gasteiger partial charge in [0.2, 0.25) is 0 Å². The maximum absolute atomic E-state index is 12.1. The summed E-state index contributed by atoms with van der Waals surface area (Å²) >= 11 is 3.22.